The monoisotopic (exact) mass is 516 g/mol. The van der Waals surface area contributed by atoms with Gasteiger partial charge in [-0.3, -0.25) is 9.59 Å². The summed E-state index contributed by atoms with van der Waals surface area (Å²) < 4.78 is 0. The molecule has 4 rings (SSSR count). The Morgan fingerprint density at radius 3 is 1.50 bits per heavy atom. The van der Waals surface area contributed by atoms with Crippen molar-refractivity contribution in [2.75, 3.05) is 22.1 Å². The highest BCUT2D eigenvalue weighted by atomic mass is 32.2. The fourth-order valence-corrected chi connectivity index (χ4v) is 5.23. The molecule has 4 aromatic rings. The van der Waals surface area contributed by atoms with Gasteiger partial charge in [-0.05, 0) is 74.2 Å². The van der Waals surface area contributed by atoms with Crippen LogP contribution in [-0.2, 0) is 9.59 Å². The first-order valence-corrected chi connectivity index (χ1v) is 13.5. The van der Waals surface area contributed by atoms with Crippen molar-refractivity contribution in [2.24, 2.45) is 0 Å². The van der Waals surface area contributed by atoms with Crippen LogP contribution < -0.4 is 10.6 Å². The number of rotatable bonds is 8. The number of carbonyl (C=O) groups is 2. The molecule has 0 aliphatic rings. The van der Waals surface area contributed by atoms with Crippen molar-refractivity contribution in [1.29, 1.82) is 0 Å². The first kappa shape index (κ1) is 25.7. The summed E-state index contributed by atoms with van der Waals surface area (Å²) in [6, 6.07) is 19.5. The third kappa shape index (κ3) is 6.65. The maximum atomic E-state index is 12.7. The molecular formula is C28H28N4O2S2. The summed E-state index contributed by atoms with van der Waals surface area (Å²) in [6.07, 6.45) is 0. The molecule has 2 N–H and O–H groups in total. The normalized spacial score (nSPS) is 10.9. The predicted molar refractivity (Wildman–Crippen MR) is 150 cm³/mol. The molecule has 8 heteroatoms. The lowest BCUT2D eigenvalue weighted by Crippen LogP contribution is -2.16. The molecule has 0 unspecified atom stereocenters. The highest BCUT2D eigenvalue weighted by Gasteiger charge is 2.15. The van der Waals surface area contributed by atoms with Gasteiger partial charge in [0.25, 0.3) is 0 Å². The van der Waals surface area contributed by atoms with Gasteiger partial charge in [0.2, 0.25) is 11.8 Å². The lowest BCUT2D eigenvalue weighted by molar-refractivity contribution is -0.114. The van der Waals surface area contributed by atoms with E-state index in [2.05, 4.69) is 10.6 Å². The maximum Gasteiger partial charge on any atom is 0.234 e. The van der Waals surface area contributed by atoms with Crippen molar-refractivity contribution in [3.05, 3.63) is 82.9 Å². The molecule has 0 radical (unpaired) electrons. The van der Waals surface area contributed by atoms with Crippen LogP contribution in [0.15, 0.2) is 70.7 Å². The van der Waals surface area contributed by atoms with E-state index in [0.29, 0.717) is 10.1 Å². The Balaban J connectivity index is 1.47. The van der Waals surface area contributed by atoms with Crippen molar-refractivity contribution >= 4 is 57.7 Å². The molecule has 3 aromatic carbocycles. The van der Waals surface area contributed by atoms with Crippen LogP contribution in [0.1, 0.15) is 22.3 Å². The van der Waals surface area contributed by atoms with E-state index in [0.717, 1.165) is 44.7 Å². The minimum Gasteiger partial charge on any atom is -0.325 e. The Kier molecular flexibility index (Phi) is 8.28. The van der Waals surface area contributed by atoms with Crippen molar-refractivity contribution in [2.45, 2.75) is 37.7 Å². The van der Waals surface area contributed by atoms with Gasteiger partial charge >= 0.3 is 0 Å². The number of para-hydroxylation sites is 2. The Bertz CT molecular complexity index is 1330. The number of anilines is 2. The number of benzene rings is 3. The quantitative estimate of drug-likeness (QED) is 0.267. The SMILES string of the molecule is Cc1ccc(C)c(NC(=O)CSc2nc3ccccc3nc2SCC(=O)Nc2cc(C)ccc2C)c1. The molecule has 6 nitrogen and oxygen atoms in total. The van der Waals surface area contributed by atoms with Gasteiger partial charge in [0, 0.05) is 11.4 Å². The molecule has 184 valence electrons. The van der Waals surface area contributed by atoms with E-state index in [4.69, 9.17) is 9.97 Å². The van der Waals surface area contributed by atoms with Crippen LogP contribution in [0.4, 0.5) is 11.4 Å². The third-order valence-corrected chi connectivity index (χ3v) is 7.58. The molecule has 36 heavy (non-hydrogen) atoms. The summed E-state index contributed by atoms with van der Waals surface area (Å²) in [6.45, 7) is 7.92. The molecule has 0 atom stereocenters. The van der Waals surface area contributed by atoms with Crippen LogP contribution in [0.3, 0.4) is 0 Å². The van der Waals surface area contributed by atoms with Gasteiger partial charge in [0.05, 0.1) is 22.5 Å². The lowest BCUT2D eigenvalue weighted by Gasteiger charge is -2.12. The highest BCUT2D eigenvalue weighted by molar-refractivity contribution is 8.02. The zero-order valence-corrected chi connectivity index (χ0v) is 22.3. The zero-order chi connectivity index (χ0) is 25.7. The van der Waals surface area contributed by atoms with Gasteiger partial charge in [-0.2, -0.15) is 0 Å². The van der Waals surface area contributed by atoms with Crippen LogP contribution in [-0.4, -0.2) is 33.3 Å². The van der Waals surface area contributed by atoms with Crippen molar-refractivity contribution in [3.8, 4) is 0 Å². The Labute approximate surface area is 219 Å². The summed E-state index contributed by atoms with van der Waals surface area (Å²) in [7, 11) is 0. The van der Waals surface area contributed by atoms with Gasteiger partial charge in [-0.1, -0.05) is 59.9 Å². The van der Waals surface area contributed by atoms with Crippen molar-refractivity contribution in [1.82, 2.24) is 9.97 Å². The number of hydrogen-bond acceptors (Lipinski definition) is 6. The van der Waals surface area contributed by atoms with E-state index in [1.54, 1.807) is 0 Å². The van der Waals surface area contributed by atoms with Gasteiger partial charge < -0.3 is 10.6 Å². The average molecular weight is 517 g/mol. The predicted octanol–water partition coefficient (Wildman–Crippen LogP) is 6.33. The number of nitrogens with one attached hydrogen (secondary N) is 2. The number of aryl methyl sites for hydroxylation is 4. The summed E-state index contributed by atoms with van der Waals surface area (Å²) in [5.41, 5.74) is 7.30. The zero-order valence-electron chi connectivity index (χ0n) is 20.7. The molecule has 0 saturated carbocycles. The molecule has 1 aromatic heterocycles. The number of aromatic nitrogens is 2. The summed E-state index contributed by atoms with van der Waals surface area (Å²) in [5, 5.41) is 7.24. The van der Waals surface area contributed by atoms with Crippen LogP contribution in [0.2, 0.25) is 0 Å². The van der Waals surface area contributed by atoms with E-state index in [1.165, 1.54) is 23.5 Å². The molecule has 0 fully saturated rings. The topological polar surface area (TPSA) is 84.0 Å². The largest absolute Gasteiger partial charge is 0.325 e. The highest BCUT2D eigenvalue weighted by Crippen LogP contribution is 2.30. The number of thioether (sulfide) groups is 2. The average Bonchev–Trinajstić information content (AvgIpc) is 2.85. The summed E-state index contributed by atoms with van der Waals surface area (Å²) >= 11 is 2.64. The van der Waals surface area contributed by atoms with Crippen molar-refractivity contribution < 1.29 is 9.59 Å². The lowest BCUT2D eigenvalue weighted by atomic mass is 10.1. The second-order valence-corrected chi connectivity index (χ2v) is 10.6. The third-order valence-electron chi connectivity index (χ3n) is 5.52. The van der Waals surface area contributed by atoms with Gasteiger partial charge in [0.15, 0.2) is 0 Å². The van der Waals surface area contributed by atoms with Crippen LogP contribution in [0.5, 0.6) is 0 Å². The van der Waals surface area contributed by atoms with Gasteiger partial charge in [-0.25, -0.2) is 9.97 Å². The number of nitrogens with zero attached hydrogens (tertiary/aromatic N) is 2. The fraction of sp³-hybridized carbons (Fsp3) is 0.214. The van der Waals surface area contributed by atoms with E-state index < -0.39 is 0 Å². The Hall–Kier alpha value is -3.36. The number of carbonyl (C=O) groups excluding carboxylic acids is 2. The van der Waals surface area contributed by atoms with E-state index in [9.17, 15) is 9.59 Å². The molecule has 0 aliphatic heterocycles. The van der Waals surface area contributed by atoms with Gasteiger partial charge in [-0.15, -0.1) is 0 Å². The molecule has 2 amide bonds. The summed E-state index contributed by atoms with van der Waals surface area (Å²) in [4.78, 5) is 34.9. The van der Waals surface area contributed by atoms with E-state index >= 15 is 0 Å². The van der Waals surface area contributed by atoms with E-state index in [-0.39, 0.29) is 23.3 Å². The van der Waals surface area contributed by atoms with Crippen LogP contribution in [0.25, 0.3) is 11.0 Å². The van der Waals surface area contributed by atoms with Crippen molar-refractivity contribution in [3.63, 3.8) is 0 Å². The smallest absolute Gasteiger partial charge is 0.234 e. The second-order valence-electron chi connectivity index (χ2n) is 8.63. The molecule has 0 aliphatic carbocycles. The minimum absolute atomic E-state index is 0.118. The number of hydrogen-bond donors (Lipinski definition) is 2. The molecule has 0 saturated heterocycles. The summed E-state index contributed by atoms with van der Waals surface area (Å²) in [5.74, 6) is 0.130. The standard InChI is InChI=1S/C28H28N4O2S2/c1-17-9-11-19(3)23(13-17)29-25(33)15-35-27-28(32-22-8-6-5-7-21(22)31-27)36-16-26(34)30-24-14-18(2)10-12-20(24)4/h5-14H,15-16H2,1-4H3,(H,29,33)(H,30,34). The number of fused-ring (bicyclic) bond motifs is 1. The minimum atomic E-state index is -0.118. The molecule has 1 heterocycles. The first-order valence-electron chi connectivity index (χ1n) is 11.5. The Morgan fingerprint density at radius 1 is 0.667 bits per heavy atom. The fourth-order valence-electron chi connectivity index (χ4n) is 3.54. The van der Waals surface area contributed by atoms with Crippen LogP contribution in [0, 0.1) is 27.7 Å². The molecule has 0 spiro atoms. The second kappa shape index (κ2) is 11.6. The maximum absolute atomic E-state index is 12.7. The first-order chi connectivity index (χ1) is 17.3. The van der Waals surface area contributed by atoms with Gasteiger partial charge in [0.1, 0.15) is 10.1 Å². The van der Waals surface area contributed by atoms with E-state index in [1.807, 2.05) is 88.4 Å². The van der Waals surface area contributed by atoms with Crippen LogP contribution >= 0.6 is 23.5 Å². The molecule has 0 bridgehead atoms. The molecular weight excluding hydrogens is 488 g/mol. The Morgan fingerprint density at radius 2 is 1.08 bits per heavy atom. The number of amides is 2.